The molecule has 0 amide bonds. The molecule has 1 saturated heterocycles. The number of ether oxygens (including phenoxy) is 1. The molecule has 0 aromatic carbocycles. The van der Waals surface area contributed by atoms with Crippen molar-refractivity contribution in [3.63, 3.8) is 0 Å². The zero-order valence-electron chi connectivity index (χ0n) is 15.1. The molecule has 0 saturated carbocycles. The summed E-state index contributed by atoms with van der Waals surface area (Å²) in [4.78, 5) is 17.7. The van der Waals surface area contributed by atoms with Gasteiger partial charge in [0.25, 0.3) is 0 Å². The van der Waals surface area contributed by atoms with Gasteiger partial charge in [0.15, 0.2) is 0 Å². The van der Waals surface area contributed by atoms with E-state index < -0.39 is 17.8 Å². The van der Waals surface area contributed by atoms with Gasteiger partial charge < -0.3 is 14.2 Å². The second-order valence-electron chi connectivity index (χ2n) is 6.69. The summed E-state index contributed by atoms with van der Waals surface area (Å²) in [7, 11) is 1.20. The van der Waals surface area contributed by atoms with Gasteiger partial charge in [-0.1, -0.05) is 0 Å². The molecule has 1 aliphatic heterocycles. The lowest BCUT2D eigenvalue weighted by Crippen LogP contribution is -2.34. The van der Waals surface area contributed by atoms with Crippen LogP contribution in [0.3, 0.4) is 0 Å². The molecule has 4 heterocycles. The summed E-state index contributed by atoms with van der Waals surface area (Å²) in [5.74, 6) is -0.677. The van der Waals surface area contributed by atoms with Crippen molar-refractivity contribution < 1.29 is 22.7 Å². The average Bonchev–Trinajstić information content (AvgIpc) is 3.36. The van der Waals surface area contributed by atoms with Crippen molar-refractivity contribution >= 4 is 33.9 Å². The Morgan fingerprint density at radius 2 is 1.93 bits per heavy atom. The molecule has 0 aliphatic carbocycles. The Hall–Kier alpha value is -2.55. The fourth-order valence-electron chi connectivity index (χ4n) is 3.64. The minimum Gasteiger partial charge on any atom is -0.465 e. The van der Waals surface area contributed by atoms with Gasteiger partial charge in [-0.25, -0.2) is 9.78 Å². The van der Waals surface area contributed by atoms with Gasteiger partial charge >= 0.3 is 12.1 Å². The highest BCUT2D eigenvalue weighted by Gasteiger charge is 2.35. The Labute approximate surface area is 163 Å². The third kappa shape index (κ3) is 3.34. The summed E-state index contributed by atoms with van der Waals surface area (Å²) < 4.78 is 47.1. The molecule has 0 radical (unpaired) electrons. The van der Waals surface area contributed by atoms with Crippen LogP contribution in [-0.2, 0) is 10.9 Å². The molecule has 0 unspecified atom stereocenters. The first-order valence-electron chi connectivity index (χ1n) is 8.83. The van der Waals surface area contributed by atoms with E-state index in [1.165, 1.54) is 7.11 Å². The molecule has 0 spiro atoms. The summed E-state index contributed by atoms with van der Waals surface area (Å²) in [5, 5.41) is 2.24. The normalized spacial score (nSPS) is 15.9. The van der Waals surface area contributed by atoms with Crippen molar-refractivity contribution in [1.29, 1.82) is 0 Å². The molecule has 28 heavy (non-hydrogen) atoms. The van der Waals surface area contributed by atoms with Gasteiger partial charge in [0.2, 0.25) is 0 Å². The Morgan fingerprint density at radius 3 is 2.54 bits per heavy atom. The molecular formula is C19H18F3N3O2S. The lowest BCUT2D eigenvalue weighted by Gasteiger charge is -2.35. The predicted octanol–water partition coefficient (Wildman–Crippen LogP) is 4.74. The molecule has 1 fully saturated rings. The smallest absolute Gasteiger partial charge is 0.433 e. The van der Waals surface area contributed by atoms with Crippen LogP contribution in [-0.4, -0.2) is 35.7 Å². The fraction of sp³-hybridized carbons (Fsp3) is 0.368. The Bertz CT molecular complexity index is 990. The maximum atomic E-state index is 13.4. The number of rotatable bonds is 3. The van der Waals surface area contributed by atoms with Crippen molar-refractivity contribution in [2.75, 3.05) is 25.1 Å². The summed E-state index contributed by atoms with van der Waals surface area (Å²) >= 11 is 1.06. The zero-order chi connectivity index (χ0) is 19.9. The number of nitrogens with zero attached hydrogens (tertiary/aromatic N) is 3. The molecule has 9 heteroatoms. The number of thiophene rings is 1. The molecule has 1 aliphatic rings. The molecular weight excluding hydrogens is 391 g/mol. The van der Waals surface area contributed by atoms with Gasteiger partial charge in [0.05, 0.1) is 12.6 Å². The number of hydrogen-bond donors (Lipinski definition) is 0. The SMILES string of the molecule is COC(=O)c1scc2c(N3CCC(n4cccc4)CC3)cc(C(F)(F)F)nc12. The maximum Gasteiger partial charge on any atom is 0.433 e. The van der Waals surface area contributed by atoms with Crippen LogP contribution < -0.4 is 4.90 Å². The number of halogens is 3. The number of anilines is 1. The fourth-order valence-corrected chi connectivity index (χ4v) is 4.56. The zero-order valence-corrected chi connectivity index (χ0v) is 15.9. The highest BCUT2D eigenvalue weighted by Crippen LogP contribution is 2.39. The van der Waals surface area contributed by atoms with Gasteiger partial charge in [0, 0.05) is 48.0 Å². The van der Waals surface area contributed by atoms with Crippen LogP contribution in [0.15, 0.2) is 36.0 Å². The third-order valence-electron chi connectivity index (χ3n) is 5.06. The van der Waals surface area contributed by atoms with Gasteiger partial charge in [0.1, 0.15) is 10.6 Å². The van der Waals surface area contributed by atoms with E-state index in [2.05, 4.69) is 9.55 Å². The Morgan fingerprint density at radius 1 is 1.25 bits per heavy atom. The van der Waals surface area contributed by atoms with E-state index in [1.54, 1.807) is 5.38 Å². The van der Waals surface area contributed by atoms with Crippen LogP contribution in [0.2, 0.25) is 0 Å². The first-order valence-corrected chi connectivity index (χ1v) is 9.71. The third-order valence-corrected chi connectivity index (χ3v) is 6.01. The standard InChI is InChI=1S/C19H18F3N3O2S/c1-27-18(26)17-16-13(11-28-17)14(10-15(23-16)19(20,21)22)25-8-4-12(5-9-25)24-6-2-3-7-24/h2-3,6-7,10-12H,4-5,8-9H2,1H3. The number of hydrogen-bond acceptors (Lipinski definition) is 5. The van der Waals surface area contributed by atoms with E-state index in [4.69, 9.17) is 4.74 Å². The van der Waals surface area contributed by atoms with Crippen molar-refractivity contribution in [2.45, 2.75) is 25.1 Å². The first-order chi connectivity index (χ1) is 13.4. The van der Waals surface area contributed by atoms with Crippen LogP contribution in [0, 0.1) is 0 Å². The van der Waals surface area contributed by atoms with Gasteiger partial charge in [-0.3, -0.25) is 0 Å². The monoisotopic (exact) mass is 409 g/mol. The quantitative estimate of drug-likeness (QED) is 0.586. The van der Waals surface area contributed by atoms with E-state index in [0.717, 1.165) is 30.2 Å². The number of carbonyl (C=O) groups is 1. The van der Waals surface area contributed by atoms with Crippen molar-refractivity contribution in [2.24, 2.45) is 0 Å². The largest absolute Gasteiger partial charge is 0.465 e. The number of pyridine rings is 1. The lowest BCUT2D eigenvalue weighted by atomic mass is 10.0. The Kier molecular flexibility index (Phi) is 4.78. The molecule has 0 bridgehead atoms. The van der Waals surface area contributed by atoms with Crippen LogP contribution >= 0.6 is 11.3 Å². The van der Waals surface area contributed by atoms with E-state index in [1.807, 2.05) is 29.4 Å². The number of carbonyl (C=O) groups excluding carboxylic acids is 1. The van der Waals surface area contributed by atoms with Crippen molar-refractivity contribution in [3.05, 3.63) is 46.5 Å². The van der Waals surface area contributed by atoms with E-state index in [0.29, 0.717) is 30.2 Å². The van der Waals surface area contributed by atoms with Crippen LogP contribution in [0.4, 0.5) is 18.9 Å². The van der Waals surface area contributed by atoms with Crippen LogP contribution in [0.1, 0.15) is 34.2 Å². The number of piperidine rings is 1. The molecule has 5 nitrogen and oxygen atoms in total. The molecule has 148 valence electrons. The number of fused-ring (bicyclic) bond motifs is 1. The van der Waals surface area contributed by atoms with Crippen molar-refractivity contribution in [3.8, 4) is 0 Å². The maximum absolute atomic E-state index is 13.4. The minimum atomic E-state index is -4.60. The summed E-state index contributed by atoms with van der Waals surface area (Å²) in [6, 6.07) is 5.35. The second kappa shape index (κ2) is 7.12. The number of alkyl halides is 3. The van der Waals surface area contributed by atoms with Crippen LogP contribution in [0.25, 0.3) is 10.9 Å². The minimum absolute atomic E-state index is 0.0502. The predicted molar refractivity (Wildman–Crippen MR) is 101 cm³/mol. The highest BCUT2D eigenvalue weighted by atomic mass is 32.1. The molecule has 4 rings (SSSR count). The topological polar surface area (TPSA) is 47.4 Å². The van der Waals surface area contributed by atoms with Crippen molar-refractivity contribution in [1.82, 2.24) is 9.55 Å². The summed E-state index contributed by atoms with van der Waals surface area (Å²) in [5.41, 5.74) is -0.477. The summed E-state index contributed by atoms with van der Waals surface area (Å²) in [6.07, 6.45) is 1.08. The highest BCUT2D eigenvalue weighted by molar-refractivity contribution is 7.13. The number of methoxy groups -OCH3 is 1. The van der Waals surface area contributed by atoms with Gasteiger partial charge in [-0.2, -0.15) is 13.2 Å². The second-order valence-corrected chi connectivity index (χ2v) is 7.57. The molecule has 0 N–H and O–H groups in total. The molecule has 3 aromatic heterocycles. The number of aromatic nitrogens is 2. The lowest BCUT2D eigenvalue weighted by molar-refractivity contribution is -0.140. The van der Waals surface area contributed by atoms with Gasteiger partial charge in [-0.05, 0) is 31.0 Å². The number of esters is 1. The Balaban J connectivity index is 1.72. The molecule has 3 aromatic rings. The van der Waals surface area contributed by atoms with E-state index in [-0.39, 0.29) is 10.4 Å². The van der Waals surface area contributed by atoms with E-state index in [9.17, 15) is 18.0 Å². The molecule has 0 atom stereocenters. The van der Waals surface area contributed by atoms with Crippen LogP contribution in [0.5, 0.6) is 0 Å². The first kappa shape index (κ1) is 18.8. The van der Waals surface area contributed by atoms with Gasteiger partial charge in [-0.15, -0.1) is 11.3 Å². The summed E-state index contributed by atoms with van der Waals surface area (Å²) in [6.45, 7) is 1.26. The average molecular weight is 409 g/mol. The van der Waals surface area contributed by atoms with E-state index >= 15 is 0 Å².